The Kier molecular flexibility index (Phi) is 5.01. The first-order valence-corrected chi connectivity index (χ1v) is 9.22. The predicted octanol–water partition coefficient (Wildman–Crippen LogP) is 2.91. The molecular weight excluding hydrogens is 389 g/mol. The van der Waals surface area contributed by atoms with Gasteiger partial charge in [0.2, 0.25) is 0 Å². The number of nitrogens with one attached hydrogen (secondary N) is 1. The molecule has 4 rings (SSSR count). The Morgan fingerprint density at radius 1 is 1.13 bits per heavy atom. The largest absolute Gasteiger partial charge is 0.494 e. The summed E-state index contributed by atoms with van der Waals surface area (Å²) in [6.07, 6.45) is 1.33. The van der Waals surface area contributed by atoms with Crippen molar-refractivity contribution < 1.29 is 13.9 Å². The van der Waals surface area contributed by atoms with Gasteiger partial charge in [-0.1, -0.05) is 0 Å². The van der Waals surface area contributed by atoms with Crippen LogP contribution in [0.5, 0.6) is 5.75 Å². The summed E-state index contributed by atoms with van der Waals surface area (Å²) >= 11 is 0. The van der Waals surface area contributed by atoms with Gasteiger partial charge in [-0.05, 0) is 55.5 Å². The van der Waals surface area contributed by atoms with Crippen LogP contribution >= 0.6 is 0 Å². The van der Waals surface area contributed by atoms with Gasteiger partial charge in [-0.3, -0.25) is 9.59 Å². The van der Waals surface area contributed by atoms with Gasteiger partial charge in [0.1, 0.15) is 17.1 Å². The third-order valence-corrected chi connectivity index (χ3v) is 4.45. The molecule has 0 radical (unpaired) electrons. The molecule has 2 aromatic heterocycles. The lowest BCUT2D eigenvalue weighted by atomic mass is 10.2. The number of amides is 1. The summed E-state index contributed by atoms with van der Waals surface area (Å²) in [5, 5.41) is 7.06. The summed E-state index contributed by atoms with van der Waals surface area (Å²) in [4.78, 5) is 29.9. The Morgan fingerprint density at radius 3 is 2.50 bits per heavy atom. The third-order valence-electron chi connectivity index (χ3n) is 4.45. The van der Waals surface area contributed by atoms with Crippen molar-refractivity contribution in [2.24, 2.45) is 7.05 Å². The molecule has 0 saturated carbocycles. The summed E-state index contributed by atoms with van der Waals surface area (Å²) in [6, 6.07) is 12.3. The SMILES string of the molecule is CCOc1ccc(NC(=O)c2nn(-c3ccc(F)cc3)c3c(=O)n(C)cnc23)cc1. The molecule has 1 N–H and O–H groups in total. The minimum absolute atomic E-state index is 0.0130. The van der Waals surface area contributed by atoms with Gasteiger partial charge < -0.3 is 14.6 Å². The normalized spacial score (nSPS) is 10.9. The van der Waals surface area contributed by atoms with E-state index >= 15 is 0 Å². The first kappa shape index (κ1) is 19.3. The Hall–Kier alpha value is -4.01. The lowest BCUT2D eigenvalue weighted by Gasteiger charge is -2.06. The second-order valence-corrected chi connectivity index (χ2v) is 6.51. The van der Waals surface area contributed by atoms with E-state index in [9.17, 15) is 14.0 Å². The van der Waals surface area contributed by atoms with Crippen molar-refractivity contribution in [3.05, 3.63) is 76.7 Å². The molecule has 1 amide bonds. The molecule has 0 spiro atoms. The highest BCUT2D eigenvalue weighted by atomic mass is 19.1. The van der Waals surface area contributed by atoms with Gasteiger partial charge in [0.05, 0.1) is 18.6 Å². The summed E-state index contributed by atoms with van der Waals surface area (Å²) < 4.78 is 21.3. The highest BCUT2D eigenvalue weighted by Crippen LogP contribution is 2.20. The van der Waals surface area contributed by atoms with Crippen molar-refractivity contribution in [3.8, 4) is 11.4 Å². The zero-order valence-electron chi connectivity index (χ0n) is 16.3. The van der Waals surface area contributed by atoms with Crippen molar-refractivity contribution in [3.63, 3.8) is 0 Å². The number of hydrogen-bond acceptors (Lipinski definition) is 5. The molecule has 8 nitrogen and oxygen atoms in total. The second kappa shape index (κ2) is 7.78. The van der Waals surface area contributed by atoms with Gasteiger partial charge in [0, 0.05) is 12.7 Å². The van der Waals surface area contributed by atoms with Gasteiger partial charge in [-0.2, -0.15) is 5.10 Å². The lowest BCUT2D eigenvalue weighted by Crippen LogP contribution is -2.19. The second-order valence-electron chi connectivity index (χ2n) is 6.51. The molecule has 0 unspecified atom stereocenters. The molecule has 0 aliphatic heterocycles. The number of carbonyl (C=O) groups excluding carboxylic acids is 1. The van der Waals surface area contributed by atoms with Gasteiger partial charge in [0.25, 0.3) is 11.5 Å². The standard InChI is InChI=1S/C21H18FN5O3/c1-3-30-16-10-6-14(7-11-16)24-20(28)18-17-19(21(29)26(2)12-23-17)27(25-18)15-8-4-13(22)5-9-15/h4-12H,3H2,1-2H3,(H,24,28). The smallest absolute Gasteiger partial charge is 0.279 e. The molecule has 2 aromatic carbocycles. The van der Waals surface area contributed by atoms with Gasteiger partial charge in [-0.15, -0.1) is 0 Å². The van der Waals surface area contributed by atoms with Crippen LogP contribution in [0.4, 0.5) is 10.1 Å². The summed E-state index contributed by atoms with van der Waals surface area (Å²) in [5.74, 6) is -0.257. The summed E-state index contributed by atoms with van der Waals surface area (Å²) in [6.45, 7) is 2.43. The van der Waals surface area contributed by atoms with E-state index in [0.29, 0.717) is 23.7 Å². The van der Waals surface area contributed by atoms with Crippen LogP contribution in [0.25, 0.3) is 16.7 Å². The van der Waals surface area contributed by atoms with E-state index in [4.69, 9.17) is 4.74 Å². The molecule has 0 bridgehead atoms. The van der Waals surface area contributed by atoms with E-state index in [1.807, 2.05) is 6.92 Å². The van der Waals surface area contributed by atoms with E-state index in [1.54, 1.807) is 31.3 Å². The quantitative estimate of drug-likeness (QED) is 0.549. The van der Waals surface area contributed by atoms with E-state index in [1.165, 1.54) is 39.8 Å². The van der Waals surface area contributed by atoms with E-state index in [2.05, 4.69) is 15.4 Å². The lowest BCUT2D eigenvalue weighted by molar-refractivity contribution is 0.102. The van der Waals surface area contributed by atoms with E-state index < -0.39 is 11.7 Å². The van der Waals surface area contributed by atoms with Gasteiger partial charge in [-0.25, -0.2) is 14.1 Å². The molecule has 4 aromatic rings. The van der Waals surface area contributed by atoms with Gasteiger partial charge >= 0.3 is 0 Å². The van der Waals surface area contributed by atoms with Crippen molar-refractivity contribution in [1.82, 2.24) is 19.3 Å². The number of nitrogens with zero attached hydrogens (tertiary/aromatic N) is 4. The highest BCUT2D eigenvalue weighted by Gasteiger charge is 2.22. The predicted molar refractivity (Wildman–Crippen MR) is 110 cm³/mol. The topological polar surface area (TPSA) is 91.0 Å². The third kappa shape index (κ3) is 3.52. The fourth-order valence-electron chi connectivity index (χ4n) is 3.00. The molecule has 0 fully saturated rings. The Balaban J connectivity index is 1.77. The Labute approximate surface area is 170 Å². The van der Waals surface area contributed by atoms with Crippen LogP contribution in [-0.2, 0) is 7.05 Å². The average Bonchev–Trinajstić information content (AvgIpc) is 3.13. The number of carbonyl (C=O) groups is 1. The molecule has 30 heavy (non-hydrogen) atoms. The number of hydrogen-bond donors (Lipinski definition) is 1. The number of aryl methyl sites for hydroxylation is 1. The molecule has 0 atom stereocenters. The summed E-state index contributed by atoms with van der Waals surface area (Å²) in [5.41, 5.74) is 0.871. The average molecular weight is 407 g/mol. The molecule has 2 heterocycles. The van der Waals surface area contributed by atoms with Crippen molar-refractivity contribution >= 4 is 22.6 Å². The van der Waals surface area contributed by atoms with Gasteiger partial charge in [0.15, 0.2) is 11.2 Å². The minimum Gasteiger partial charge on any atom is -0.494 e. The maximum Gasteiger partial charge on any atom is 0.279 e. The molecule has 0 aliphatic carbocycles. The zero-order valence-corrected chi connectivity index (χ0v) is 16.3. The zero-order chi connectivity index (χ0) is 21.3. The first-order chi connectivity index (χ1) is 14.5. The van der Waals surface area contributed by atoms with Crippen LogP contribution in [0.2, 0.25) is 0 Å². The maximum atomic E-state index is 13.3. The van der Waals surface area contributed by atoms with E-state index in [0.717, 1.165) is 0 Å². The first-order valence-electron chi connectivity index (χ1n) is 9.22. The number of fused-ring (bicyclic) bond motifs is 1. The number of anilines is 1. The number of halogens is 1. The molecule has 0 aliphatic rings. The maximum absolute atomic E-state index is 13.3. The molecule has 0 saturated heterocycles. The number of rotatable bonds is 5. The van der Waals surface area contributed by atoms with Crippen molar-refractivity contribution in [2.75, 3.05) is 11.9 Å². The Morgan fingerprint density at radius 2 is 1.83 bits per heavy atom. The molecule has 9 heteroatoms. The van der Waals surface area contributed by atoms with Crippen LogP contribution in [0.3, 0.4) is 0 Å². The fourth-order valence-corrected chi connectivity index (χ4v) is 3.00. The van der Waals surface area contributed by atoms with Crippen LogP contribution < -0.4 is 15.6 Å². The summed E-state index contributed by atoms with van der Waals surface area (Å²) in [7, 11) is 1.55. The monoisotopic (exact) mass is 407 g/mol. The van der Waals surface area contributed by atoms with Crippen LogP contribution in [-0.4, -0.2) is 31.8 Å². The Bertz CT molecular complexity index is 1280. The highest BCUT2D eigenvalue weighted by molar-refractivity contribution is 6.10. The minimum atomic E-state index is -0.522. The van der Waals surface area contributed by atoms with Crippen molar-refractivity contribution in [2.45, 2.75) is 6.92 Å². The van der Waals surface area contributed by atoms with Crippen LogP contribution in [0, 0.1) is 5.82 Å². The number of ether oxygens (including phenoxy) is 1. The van der Waals surface area contributed by atoms with Crippen LogP contribution in [0.1, 0.15) is 17.4 Å². The molecule has 152 valence electrons. The van der Waals surface area contributed by atoms with Crippen LogP contribution in [0.15, 0.2) is 59.7 Å². The van der Waals surface area contributed by atoms with Crippen molar-refractivity contribution in [1.29, 1.82) is 0 Å². The fraction of sp³-hybridized carbons (Fsp3) is 0.143. The molecular formula is C21H18FN5O3. The van der Waals surface area contributed by atoms with E-state index in [-0.39, 0.29) is 22.3 Å². The number of benzene rings is 2. The number of aromatic nitrogens is 4.